The molecule has 1 aliphatic rings. The highest BCUT2D eigenvalue weighted by Crippen LogP contribution is 2.38. The van der Waals surface area contributed by atoms with Gasteiger partial charge < -0.3 is 20.1 Å². The molecule has 1 saturated heterocycles. The van der Waals surface area contributed by atoms with Crippen LogP contribution in [-0.4, -0.2) is 70.0 Å². The molecule has 2 aromatic heterocycles. The minimum Gasteiger partial charge on any atom is -0.394 e. The van der Waals surface area contributed by atoms with E-state index in [1.807, 2.05) is 0 Å². The molecule has 5 rings (SSSR count). The summed E-state index contributed by atoms with van der Waals surface area (Å²) in [5.41, 5.74) is 0.324. The Bertz CT molecular complexity index is 1430. The van der Waals surface area contributed by atoms with Crippen molar-refractivity contribution in [3.63, 3.8) is 0 Å². The van der Waals surface area contributed by atoms with Crippen molar-refractivity contribution in [2.75, 3.05) is 6.61 Å². The molecule has 0 saturated carbocycles. The van der Waals surface area contributed by atoms with Gasteiger partial charge in [-0.3, -0.25) is 4.57 Å². The molecule has 0 radical (unpaired) electrons. The number of aliphatic hydroxyl groups is 3. The summed E-state index contributed by atoms with van der Waals surface area (Å²) in [6, 6.07) is 4.97. The standard InChI is InChI=1S/C22H17Cl2F3N6O4/c23-11-2-1-10(5-12(11)24)32-8-28-30-22(32)21-20(36)18(19(35)16(7-34)37-21)33-6-15(29-31-33)9-3-13(25)17(27)14(26)4-9/h1-6,8,16,18-21,34-36H,7H2/t16-,18+,19+,20-,21-/m1/s1. The zero-order valence-corrected chi connectivity index (χ0v) is 20.0. The number of benzene rings is 2. The molecule has 0 amide bonds. The zero-order valence-electron chi connectivity index (χ0n) is 18.5. The van der Waals surface area contributed by atoms with Crippen LogP contribution < -0.4 is 0 Å². The molecule has 5 atom stereocenters. The molecule has 10 nitrogen and oxygen atoms in total. The number of rotatable bonds is 5. The second-order valence-electron chi connectivity index (χ2n) is 8.24. The van der Waals surface area contributed by atoms with Crippen LogP contribution in [0.15, 0.2) is 42.9 Å². The molecule has 4 aromatic rings. The van der Waals surface area contributed by atoms with Gasteiger partial charge in [-0.25, -0.2) is 17.9 Å². The van der Waals surface area contributed by atoms with Gasteiger partial charge >= 0.3 is 0 Å². The van der Waals surface area contributed by atoms with E-state index >= 15 is 0 Å². The van der Waals surface area contributed by atoms with Gasteiger partial charge in [-0.1, -0.05) is 28.4 Å². The number of nitrogens with zero attached hydrogens (tertiary/aromatic N) is 6. The van der Waals surface area contributed by atoms with E-state index in [4.69, 9.17) is 27.9 Å². The van der Waals surface area contributed by atoms with Crippen LogP contribution in [0, 0.1) is 17.5 Å². The smallest absolute Gasteiger partial charge is 0.194 e. The number of ether oxygens (including phenoxy) is 1. The van der Waals surface area contributed by atoms with Crippen LogP contribution in [0.25, 0.3) is 16.9 Å². The Hall–Kier alpha value is -3.07. The van der Waals surface area contributed by atoms with E-state index in [0.717, 1.165) is 16.8 Å². The molecule has 1 aliphatic heterocycles. The largest absolute Gasteiger partial charge is 0.394 e. The van der Waals surface area contributed by atoms with Crippen LogP contribution in [-0.2, 0) is 4.74 Å². The molecular formula is C22H17Cl2F3N6O4. The highest BCUT2D eigenvalue weighted by atomic mass is 35.5. The summed E-state index contributed by atoms with van der Waals surface area (Å²) in [6.07, 6.45) is -2.84. The first kappa shape index (κ1) is 25.6. The third-order valence-corrected chi connectivity index (χ3v) is 6.74. The molecule has 15 heteroatoms. The summed E-state index contributed by atoms with van der Waals surface area (Å²) < 4.78 is 49.1. The van der Waals surface area contributed by atoms with Crippen LogP contribution in [0.5, 0.6) is 0 Å². The Labute approximate surface area is 216 Å². The van der Waals surface area contributed by atoms with Crippen molar-refractivity contribution in [1.29, 1.82) is 0 Å². The molecule has 3 heterocycles. The Balaban J connectivity index is 1.52. The molecule has 2 aromatic carbocycles. The molecule has 0 spiro atoms. The van der Waals surface area contributed by atoms with E-state index < -0.39 is 54.5 Å². The molecule has 37 heavy (non-hydrogen) atoms. The van der Waals surface area contributed by atoms with Gasteiger partial charge in [0.1, 0.15) is 42.5 Å². The predicted molar refractivity (Wildman–Crippen MR) is 122 cm³/mol. The fourth-order valence-corrected chi connectivity index (χ4v) is 4.45. The quantitative estimate of drug-likeness (QED) is 0.320. The summed E-state index contributed by atoms with van der Waals surface area (Å²) in [5, 5.41) is 48.2. The van der Waals surface area contributed by atoms with Gasteiger partial charge in [-0.05, 0) is 30.3 Å². The molecule has 1 fully saturated rings. The average Bonchev–Trinajstić information content (AvgIpc) is 3.55. The number of halogens is 5. The van der Waals surface area contributed by atoms with Crippen molar-refractivity contribution >= 4 is 23.2 Å². The first-order chi connectivity index (χ1) is 17.7. The maximum atomic E-state index is 13.7. The minimum absolute atomic E-state index is 0.0558. The van der Waals surface area contributed by atoms with Crippen LogP contribution in [0.2, 0.25) is 10.0 Å². The molecule has 0 aliphatic carbocycles. The normalized spacial score (nSPS) is 23.9. The third kappa shape index (κ3) is 4.58. The second kappa shape index (κ2) is 10.0. The molecule has 0 unspecified atom stereocenters. The summed E-state index contributed by atoms with van der Waals surface area (Å²) in [6.45, 7) is -0.627. The lowest BCUT2D eigenvalue weighted by Gasteiger charge is -2.41. The van der Waals surface area contributed by atoms with E-state index in [-0.39, 0.29) is 22.1 Å². The van der Waals surface area contributed by atoms with Crippen LogP contribution in [0.4, 0.5) is 13.2 Å². The van der Waals surface area contributed by atoms with Crippen LogP contribution >= 0.6 is 23.2 Å². The first-order valence-corrected chi connectivity index (χ1v) is 11.5. The fourth-order valence-electron chi connectivity index (χ4n) is 4.16. The van der Waals surface area contributed by atoms with E-state index in [9.17, 15) is 28.5 Å². The van der Waals surface area contributed by atoms with E-state index in [0.29, 0.717) is 10.7 Å². The topological polar surface area (TPSA) is 131 Å². The third-order valence-electron chi connectivity index (χ3n) is 6.00. The number of aliphatic hydroxyl groups excluding tert-OH is 3. The Morgan fingerprint density at radius 3 is 2.38 bits per heavy atom. The van der Waals surface area contributed by atoms with Crippen molar-refractivity contribution in [3.05, 3.63) is 76.2 Å². The van der Waals surface area contributed by atoms with Crippen molar-refractivity contribution in [2.24, 2.45) is 0 Å². The molecular weight excluding hydrogens is 540 g/mol. The van der Waals surface area contributed by atoms with Gasteiger partial charge in [0.25, 0.3) is 0 Å². The lowest BCUT2D eigenvalue weighted by molar-refractivity contribution is -0.210. The van der Waals surface area contributed by atoms with Gasteiger partial charge in [0.15, 0.2) is 23.3 Å². The zero-order chi connectivity index (χ0) is 26.4. The van der Waals surface area contributed by atoms with Gasteiger partial charge in [-0.2, -0.15) is 0 Å². The summed E-state index contributed by atoms with van der Waals surface area (Å²) in [4.78, 5) is 0. The van der Waals surface area contributed by atoms with E-state index in [2.05, 4.69) is 20.5 Å². The average molecular weight is 557 g/mol. The minimum atomic E-state index is -1.63. The summed E-state index contributed by atoms with van der Waals surface area (Å²) >= 11 is 12.1. The van der Waals surface area contributed by atoms with Gasteiger partial charge in [0.2, 0.25) is 0 Å². The lowest BCUT2D eigenvalue weighted by Crippen LogP contribution is -2.53. The van der Waals surface area contributed by atoms with Crippen molar-refractivity contribution in [1.82, 2.24) is 29.8 Å². The van der Waals surface area contributed by atoms with E-state index in [1.54, 1.807) is 18.2 Å². The van der Waals surface area contributed by atoms with Gasteiger partial charge in [-0.15, -0.1) is 15.3 Å². The number of hydrogen-bond acceptors (Lipinski definition) is 8. The summed E-state index contributed by atoms with van der Waals surface area (Å²) in [5.74, 6) is -4.36. The molecule has 0 bridgehead atoms. The second-order valence-corrected chi connectivity index (χ2v) is 9.06. The van der Waals surface area contributed by atoms with Crippen molar-refractivity contribution in [2.45, 2.75) is 30.5 Å². The van der Waals surface area contributed by atoms with E-state index in [1.165, 1.54) is 17.1 Å². The fraction of sp³-hybridized carbons (Fsp3) is 0.273. The van der Waals surface area contributed by atoms with Gasteiger partial charge in [0.05, 0.1) is 22.8 Å². The Morgan fingerprint density at radius 2 is 1.70 bits per heavy atom. The highest BCUT2D eigenvalue weighted by Gasteiger charge is 2.48. The van der Waals surface area contributed by atoms with Crippen molar-refractivity contribution in [3.8, 4) is 16.9 Å². The van der Waals surface area contributed by atoms with Gasteiger partial charge in [0, 0.05) is 11.3 Å². The van der Waals surface area contributed by atoms with Crippen LogP contribution in [0.1, 0.15) is 18.0 Å². The highest BCUT2D eigenvalue weighted by molar-refractivity contribution is 6.42. The predicted octanol–water partition coefficient (Wildman–Crippen LogP) is 2.65. The first-order valence-electron chi connectivity index (χ1n) is 10.7. The SMILES string of the molecule is OC[C@H]1O[C@@H](c2nncn2-c2ccc(Cl)c(Cl)c2)[C@H](O)[C@@H](n2cc(-c3cc(F)c(F)c(F)c3)nn2)[C@H]1O. The van der Waals surface area contributed by atoms with Crippen LogP contribution in [0.3, 0.4) is 0 Å². The number of aromatic nitrogens is 6. The molecule has 194 valence electrons. The lowest BCUT2D eigenvalue weighted by atomic mass is 9.92. The molecule has 3 N–H and O–H groups in total. The maximum absolute atomic E-state index is 13.7. The monoisotopic (exact) mass is 556 g/mol. The Morgan fingerprint density at radius 1 is 0.973 bits per heavy atom. The van der Waals surface area contributed by atoms with Crippen molar-refractivity contribution < 1.29 is 33.2 Å². The Kier molecular flexibility index (Phi) is 6.91. The number of hydrogen-bond donors (Lipinski definition) is 3. The maximum Gasteiger partial charge on any atom is 0.194 e. The summed E-state index contributed by atoms with van der Waals surface area (Å²) in [7, 11) is 0.